The van der Waals surface area contributed by atoms with Crippen LogP contribution in [0.15, 0.2) is 36.9 Å². The van der Waals surface area contributed by atoms with Gasteiger partial charge in [-0.25, -0.2) is 4.98 Å². The van der Waals surface area contributed by atoms with Gasteiger partial charge in [0, 0.05) is 70.4 Å². The predicted molar refractivity (Wildman–Crippen MR) is 99.5 cm³/mol. The van der Waals surface area contributed by atoms with Gasteiger partial charge in [-0.05, 0) is 24.5 Å². The summed E-state index contributed by atoms with van der Waals surface area (Å²) in [4.78, 5) is 37.5. The molecule has 4 rings (SSSR count). The highest BCUT2D eigenvalue weighted by Gasteiger charge is 2.37. The van der Waals surface area contributed by atoms with Crippen LogP contribution in [0.5, 0.6) is 0 Å². The molecule has 0 radical (unpaired) electrons. The largest absolute Gasteiger partial charge is 0.342 e. The number of amides is 2. The number of hydrogen-bond acceptors (Lipinski definition) is 4. The van der Waals surface area contributed by atoms with Crippen LogP contribution in [-0.2, 0) is 23.2 Å². The van der Waals surface area contributed by atoms with Gasteiger partial charge in [-0.2, -0.15) is 0 Å². The van der Waals surface area contributed by atoms with Crippen molar-refractivity contribution in [3.8, 4) is 0 Å². The minimum Gasteiger partial charge on any atom is -0.342 e. The maximum Gasteiger partial charge on any atom is 0.227 e. The molecule has 0 saturated carbocycles. The number of aryl methyl sites for hydroxylation is 1. The molecule has 7 nitrogen and oxygen atoms in total. The van der Waals surface area contributed by atoms with Crippen LogP contribution in [0, 0.1) is 5.92 Å². The molecule has 0 aromatic carbocycles. The van der Waals surface area contributed by atoms with Gasteiger partial charge in [0.15, 0.2) is 0 Å². The fourth-order valence-electron chi connectivity index (χ4n) is 4.19. The molecule has 2 aromatic rings. The number of imidazole rings is 1. The van der Waals surface area contributed by atoms with E-state index in [0.717, 1.165) is 37.3 Å². The highest BCUT2D eigenvalue weighted by Crippen LogP contribution is 2.29. The number of carbonyl (C=O) groups is 2. The van der Waals surface area contributed by atoms with Crippen molar-refractivity contribution in [2.45, 2.75) is 31.7 Å². The first-order valence-corrected chi connectivity index (χ1v) is 9.54. The Labute approximate surface area is 159 Å². The summed E-state index contributed by atoms with van der Waals surface area (Å²) < 4.78 is 2.06. The molecular weight excluding hydrogens is 342 g/mol. The Morgan fingerprint density at radius 1 is 1.26 bits per heavy atom. The summed E-state index contributed by atoms with van der Waals surface area (Å²) in [7, 11) is 2.01. The van der Waals surface area contributed by atoms with Gasteiger partial charge in [-0.15, -0.1) is 0 Å². The molecule has 2 aliphatic heterocycles. The summed E-state index contributed by atoms with van der Waals surface area (Å²) in [5.74, 6) is 1.46. The summed E-state index contributed by atoms with van der Waals surface area (Å²) >= 11 is 0. The normalized spacial score (nSPS) is 21.1. The van der Waals surface area contributed by atoms with Crippen molar-refractivity contribution in [3.05, 3.63) is 48.3 Å². The van der Waals surface area contributed by atoms with Gasteiger partial charge in [-0.3, -0.25) is 14.6 Å². The van der Waals surface area contributed by atoms with Crippen molar-refractivity contribution in [1.82, 2.24) is 24.3 Å². The molecule has 0 spiro atoms. The topological polar surface area (TPSA) is 71.3 Å². The van der Waals surface area contributed by atoms with Crippen LogP contribution in [0.2, 0.25) is 0 Å². The SMILES string of the molecule is Cn1ccnc1C1CCN(C(=O)[C@@H]2CC(=O)N(Cc3cccnc3)C2)CC1. The van der Waals surface area contributed by atoms with Crippen molar-refractivity contribution in [2.75, 3.05) is 19.6 Å². The Balaban J connectivity index is 1.33. The summed E-state index contributed by atoms with van der Waals surface area (Å²) in [5, 5.41) is 0. The van der Waals surface area contributed by atoms with Crippen molar-refractivity contribution in [2.24, 2.45) is 13.0 Å². The van der Waals surface area contributed by atoms with Crippen molar-refractivity contribution < 1.29 is 9.59 Å². The third kappa shape index (κ3) is 3.72. The number of aromatic nitrogens is 3. The molecule has 2 aromatic heterocycles. The van der Waals surface area contributed by atoms with E-state index in [2.05, 4.69) is 14.5 Å². The minimum atomic E-state index is -0.223. The van der Waals surface area contributed by atoms with Crippen LogP contribution in [0.4, 0.5) is 0 Å². The molecule has 0 unspecified atom stereocenters. The van der Waals surface area contributed by atoms with Gasteiger partial charge in [0.1, 0.15) is 5.82 Å². The third-order valence-corrected chi connectivity index (χ3v) is 5.69. The van der Waals surface area contributed by atoms with Crippen LogP contribution in [0.3, 0.4) is 0 Å². The second-order valence-corrected chi connectivity index (χ2v) is 7.53. The highest BCUT2D eigenvalue weighted by molar-refractivity contribution is 5.89. The zero-order valence-corrected chi connectivity index (χ0v) is 15.6. The molecule has 0 N–H and O–H groups in total. The van der Waals surface area contributed by atoms with Gasteiger partial charge in [0.2, 0.25) is 11.8 Å². The summed E-state index contributed by atoms with van der Waals surface area (Å²) in [6.07, 6.45) is 9.45. The van der Waals surface area contributed by atoms with Crippen LogP contribution >= 0.6 is 0 Å². The molecule has 2 fully saturated rings. The second-order valence-electron chi connectivity index (χ2n) is 7.53. The summed E-state index contributed by atoms with van der Waals surface area (Å²) in [5.41, 5.74) is 0.995. The first-order valence-electron chi connectivity index (χ1n) is 9.54. The van der Waals surface area contributed by atoms with Crippen molar-refractivity contribution in [3.63, 3.8) is 0 Å². The van der Waals surface area contributed by atoms with Crippen LogP contribution in [0.25, 0.3) is 0 Å². The maximum atomic E-state index is 12.9. The third-order valence-electron chi connectivity index (χ3n) is 5.69. The number of piperidine rings is 1. The van der Waals surface area contributed by atoms with Gasteiger partial charge in [0.05, 0.1) is 5.92 Å². The zero-order valence-electron chi connectivity index (χ0n) is 15.6. The van der Waals surface area contributed by atoms with E-state index < -0.39 is 0 Å². The standard InChI is InChI=1S/C20H25N5O2/c1-23-10-7-22-19(23)16-4-8-24(9-5-16)20(27)17-11-18(26)25(14-17)13-15-3-2-6-21-12-15/h2-3,6-7,10,12,16-17H,4-5,8-9,11,13-14H2,1H3/t17-/m1/s1. The first-order chi connectivity index (χ1) is 13.1. The number of pyridine rings is 1. The Morgan fingerprint density at radius 3 is 2.74 bits per heavy atom. The number of rotatable bonds is 4. The highest BCUT2D eigenvalue weighted by atomic mass is 16.2. The lowest BCUT2D eigenvalue weighted by Gasteiger charge is -2.33. The Bertz CT molecular complexity index is 811. The lowest BCUT2D eigenvalue weighted by Crippen LogP contribution is -2.42. The molecular formula is C20H25N5O2. The maximum absolute atomic E-state index is 12.9. The molecule has 4 heterocycles. The van der Waals surface area contributed by atoms with Crippen molar-refractivity contribution >= 4 is 11.8 Å². The number of likely N-dealkylation sites (tertiary alicyclic amines) is 2. The molecule has 7 heteroatoms. The summed E-state index contributed by atoms with van der Waals surface area (Å²) in [6, 6.07) is 3.82. The van der Waals surface area contributed by atoms with E-state index in [4.69, 9.17) is 0 Å². The van der Waals surface area contributed by atoms with E-state index in [1.165, 1.54) is 0 Å². The van der Waals surface area contributed by atoms with Gasteiger partial charge >= 0.3 is 0 Å². The van der Waals surface area contributed by atoms with E-state index in [1.54, 1.807) is 17.3 Å². The predicted octanol–water partition coefficient (Wildman–Crippen LogP) is 1.57. The average Bonchev–Trinajstić information content (AvgIpc) is 3.28. The molecule has 142 valence electrons. The molecule has 1 atom stereocenters. The number of carbonyl (C=O) groups excluding carboxylic acids is 2. The molecule has 2 aliphatic rings. The van der Waals surface area contributed by atoms with E-state index in [9.17, 15) is 9.59 Å². The van der Waals surface area contributed by atoms with E-state index >= 15 is 0 Å². The van der Waals surface area contributed by atoms with Crippen LogP contribution in [-0.4, -0.2) is 55.8 Å². The van der Waals surface area contributed by atoms with Crippen LogP contribution in [0.1, 0.15) is 36.6 Å². The Morgan fingerprint density at radius 2 is 2.07 bits per heavy atom. The van der Waals surface area contributed by atoms with E-state index in [1.807, 2.05) is 36.5 Å². The molecule has 0 bridgehead atoms. The summed E-state index contributed by atoms with van der Waals surface area (Å²) in [6.45, 7) is 2.51. The van der Waals surface area contributed by atoms with Crippen molar-refractivity contribution in [1.29, 1.82) is 0 Å². The quantitative estimate of drug-likeness (QED) is 0.822. The average molecular weight is 367 g/mol. The first kappa shape index (κ1) is 17.7. The molecule has 2 saturated heterocycles. The Hall–Kier alpha value is -2.70. The zero-order chi connectivity index (χ0) is 18.8. The van der Waals surface area contributed by atoms with Gasteiger partial charge in [0.25, 0.3) is 0 Å². The Kier molecular flexibility index (Phi) is 4.92. The molecule has 2 amide bonds. The van der Waals surface area contributed by atoms with Gasteiger partial charge in [-0.1, -0.05) is 6.07 Å². The van der Waals surface area contributed by atoms with Crippen LogP contribution < -0.4 is 0 Å². The fraction of sp³-hybridized carbons (Fsp3) is 0.500. The van der Waals surface area contributed by atoms with E-state index in [-0.39, 0.29) is 17.7 Å². The van der Waals surface area contributed by atoms with Gasteiger partial charge < -0.3 is 14.4 Å². The molecule has 27 heavy (non-hydrogen) atoms. The fourth-order valence-corrected chi connectivity index (χ4v) is 4.19. The molecule has 0 aliphatic carbocycles. The smallest absolute Gasteiger partial charge is 0.227 e. The monoisotopic (exact) mass is 367 g/mol. The lowest BCUT2D eigenvalue weighted by molar-refractivity contribution is -0.136. The number of hydrogen-bond donors (Lipinski definition) is 0. The number of nitrogens with zero attached hydrogens (tertiary/aromatic N) is 5. The lowest BCUT2D eigenvalue weighted by atomic mass is 9.94. The minimum absolute atomic E-state index is 0.0556. The second kappa shape index (κ2) is 7.50. The van der Waals surface area contributed by atoms with E-state index in [0.29, 0.717) is 25.4 Å².